The number of hydrogen-bond acceptors (Lipinski definition) is 1. The third-order valence-corrected chi connectivity index (χ3v) is 3.71. The van der Waals surface area contributed by atoms with Crippen LogP contribution in [0.25, 0.3) is 10.8 Å². The normalized spacial score (nSPS) is 14.8. The Morgan fingerprint density at radius 3 is 2.92 bits per heavy atom. The van der Waals surface area contributed by atoms with Gasteiger partial charge in [-0.3, -0.25) is 0 Å². The molecule has 0 atom stereocenters. The summed E-state index contributed by atoms with van der Waals surface area (Å²) in [6.45, 7) is 0. The minimum atomic E-state index is 1.24. The van der Waals surface area contributed by atoms with Crippen LogP contribution in [0.3, 0.4) is 0 Å². The Morgan fingerprint density at radius 2 is 1.92 bits per heavy atom. The minimum Gasteiger partial charge on any atom is -0.126 e. The SMILES string of the molecule is c1ccc2c3c(ccc2c1)SCC3. The van der Waals surface area contributed by atoms with Crippen molar-refractivity contribution in [3.8, 4) is 0 Å². The van der Waals surface area contributed by atoms with Gasteiger partial charge in [0.25, 0.3) is 0 Å². The maximum absolute atomic E-state index is 2.26. The standard InChI is InChI=1S/C12H10S/c1-2-4-10-9(3-1)5-6-12-11(10)7-8-13-12/h1-6H,7-8H2. The van der Waals surface area contributed by atoms with Crippen molar-refractivity contribution in [3.63, 3.8) is 0 Å². The lowest BCUT2D eigenvalue weighted by molar-refractivity contribution is 1.17. The molecule has 1 heteroatoms. The van der Waals surface area contributed by atoms with Crippen LogP contribution >= 0.6 is 11.8 Å². The van der Waals surface area contributed by atoms with Crippen LogP contribution in [0.4, 0.5) is 0 Å². The van der Waals surface area contributed by atoms with Gasteiger partial charge < -0.3 is 0 Å². The molecule has 0 unspecified atom stereocenters. The monoisotopic (exact) mass is 186 g/mol. The molecule has 0 radical (unpaired) electrons. The summed E-state index contributed by atoms with van der Waals surface area (Å²) in [6, 6.07) is 13.2. The number of fused-ring (bicyclic) bond motifs is 3. The Bertz CT molecular complexity index is 460. The van der Waals surface area contributed by atoms with Crippen molar-refractivity contribution in [1.29, 1.82) is 0 Å². The van der Waals surface area contributed by atoms with E-state index in [-0.39, 0.29) is 0 Å². The first-order valence-electron chi connectivity index (χ1n) is 4.58. The van der Waals surface area contributed by atoms with Gasteiger partial charge in [-0.25, -0.2) is 0 Å². The molecule has 2 aromatic rings. The van der Waals surface area contributed by atoms with Gasteiger partial charge in [-0.1, -0.05) is 30.3 Å². The van der Waals surface area contributed by atoms with Crippen LogP contribution in [0.2, 0.25) is 0 Å². The number of thioether (sulfide) groups is 1. The second kappa shape index (κ2) is 2.78. The summed E-state index contributed by atoms with van der Waals surface area (Å²) >= 11 is 1.98. The van der Waals surface area contributed by atoms with E-state index in [1.807, 2.05) is 11.8 Å². The van der Waals surface area contributed by atoms with E-state index in [1.54, 1.807) is 5.56 Å². The molecule has 0 amide bonds. The highest BCUT2D eigenvalue weighted by Crippen LogP contribution is 2.35. The molecule has 64 valence electrons. The number of benzene rings is 2. The molecule has 1 aliphatic rings. The average molecular weight is 186 g/mol. The lowest BCUT2D eigenvalue weighted by Gasteiger charge is -2.03. The van der Waals surface area contributed by atoms with Crippen molar-refractivity contribution in [2.24, 2.45) is 0 Å². The highest BCUT2D eigenvalue weighted by molar-refractivity contribution is 7.99. The fourth-order valence-electron chi connectivity index (χ4n) is 1.97. The van der Waals surface area contributed by atoms with Crippen molar-refractivity contribution in [2.75, 3.05) is 5.75 Å². The molecule has 2 aromatic carbocycles. The number of hydrogen-bond donors (Lipinski definition) is 0. The van der Waals surface area contributed by atoms with E-state index in [2.05, 4.69) is 36.4 Å². The number of aryl methyl sites for hydroxylation is 1. The highest BCUT2D eigenvalue weighted by atomic mass is 32.2. The topological polar surface area (TPSA) is 0 Å². The molecule has 13 heavy (non-hydrogen) atoms. The van der Waals surface area contributed by atoms with Crippen LogP contribution in [-0.4, -0.2) is 5.75 Å². The zero-order valence-corrected chi connectivity index (χ0v) is 8.10. The predicted molar refractivity (Wildman–Crippen MR) is 58.4 cm³/mol. The predicted octanol–water partition coefficient (Wildman–Crippen LogP) is 3.49. The van der Waals surface area contributed by atoms with Crippen molar-refractivity contribution in [2.45, 2.75) is 11.3 Å². The Morgan fingerprint density at radius 1 is 1.00 bits per heavy atom. The van der Waals surface area contributed by atoms with Gasteiger partial charge in [0.2, 0.25) is 0 Å². The van der Waals surface area contributed by atoms with Crippen LogP contribution < -0.4 is 0 Å². The van der Waals surface area contributed by atoms with E-state index in [0.29, 0.717) is 0 Å². The lowest BCUT2D eigenvalue weighted by atomic mass is 10.0. The zero-order valence-electron chi connectivity index (χ0n) is 7.29. The van der Waals surface area contributed by atoms with Crippen LogP contribution in [0.5, 0.6) is 0 Å². The summed E-state index contributed by atoms with van der Waals surface area (Å²) < 4.78 is 0. The second-order valence-corrected chi connectivity index (χ2v) is 4.50. The van der Waals surface area contributed by atoms with E-state index in [9.17, 15) is 0 Å². The Kier molecular flexibility index (Phi) is 1.59. The molecule has 1 aliphatic heterocycles. The molecular formula is C12H10S. The van der Waals surface area contributed by atoms with Gasteiger partial charge in [-0.2, -0.15) is 0 Å². The minimum absolute atomic E-state index is 1.24. The summed E-state index contributed by atoms with van der Waals surface area (Å²) in [5.74, 6) is 1.25. The Labute approximate surface area is 82.0 Å². The molecule has 0 bridgehead atoms. The van der Waals surface area contributed by atoms with Crippen molar-refractivity contribution >= 4 is 22.5 Å². The summed E-state index contributed by atoms with van der Waals surface area (Å²) in [4.78, 5) is 1.48. The molecule has 0 saturated heterocycles. The molecule has 0 saturated carbocycles. The smallest absolute Gasteiger partial charge is 0.0111 e. The molecular weight excluding hydrogens is 176 g/mol. The third-order valence-electron chi connectivity index (χ3n) is 2.61. The van der Waals surface area contributed by atoms with Crippen molar-refractivity contribution in [1.82, 2.24) is 0 Å². The highest BCUT2D eigenvalue weighted by Gasteiger charge is 2.13. The van der Waals surface area contributed by atoms with E-state index in [1.165, 1.54) is 27.8 Å². The van der Waals surface area contributed by atoms with Gasteiger partial charge >= 0.3 is 0 Å². The lowest BCUT2D eigenvalue weighted by Crippen LogP contribution is -1.83. The van der Waals surface area contributed by atoms with Crippen LogP contribution in [0.1, 0.15) is 5.56 Å². The molecule has 0 nitrogen and oxygen atoms in total. The summed E-state index contributed by atoms with van der Waals surface area (Å²) in [6.07, 6.45) is 1.24. The fourth-order valence-corrected chi connectivity index (χ4v) is 3.05. The molecule has 3 rings (SSSR count). The first kappa shape index (κ1) is 7.45. The van der Waals surface area contributed by atoms with Crippen molar-refractivity contribution < 1.29 is 0 Å². The zero-order chi connectivity index (χ0) is 8.67. The van der Waals surface area contributed by atoms with Gasteiger partial charge in [0.05, 0.1) is 0 Å². The van der Waals surface area contributed by atoms with Crippen LogP contribution in [0, 0.1) is 0 Å². The van der Waals surface area contributed by atoms with Gasteiger partial charge in [0.15, 0.2) is 0 Å². The quantitative estimate of drug-likeness (QED) is 0.607. The van der Waals surface area contributed by atoms with Crippen molar-refractivity contribution in [3.05, 3.63) is 42.0 Å². The van der Waals surface area contributed by atoms with Crippen LogP contribution in [0.15, 0.2) is 41.3 Å². The summed E-state index contributed by atoms with van der Waals surface area (Å²) in [5, 5.41) is 2.83. The third kappa shape index (κ3) is 1.07. The molecule has 0 fully saturated rings. The van der Waals surface area contributed by atoms with E-state index in [0.717, 1.165) is 0 Å². The summed E-state index contributed by atoms with van der Waals surface area (Å²) in [5.41, 5.74) is 1.56. The van der Waals surface area contributed by atoms with E-state index < -0.39 is 0 Å². The van der Waals surface area contributed by atoms with Gasteiger partial charge in [0, 0.05) is 10.6 Å². The maximum atomic E-state index is 2.26. The Hall–Kier alpha value is -0.950. The maximum Gasteiger partial charge on any atom is 0.0111 e. The average Bonchev–Trinajstić information content (AvgIpc) is 2.65. The van der Waals surface area contributed by atoms with Gasteiger partial charge in [0.1, 0.15) is 0 Å². The second-order valence-electron chi connectivity index (χ2n) is 3.36. The van der Waals surface area contributed by atoms with Gasteiger partial charge in [-0.05, 0) is 28.8 Å². The molecule has 0 aromatic heterocycles. The van der Waals surface area contributed by atoms with Gasteiger partial charge in [-0.15, -0.1) is 11.8 Å². The Balaban J connectivity index is 2.43. The number of rotatable bonds is 0. The summed E-state index contributed by atoms with van der Waals surface area (Å²) in [7, 11) is 0. The largest absolute Gasteiger partial charge is 0.126 e. The van der Waals surface area contributed by atoms with Crippen LogP contribution in [-0.2, 0) is 6.42 Å². The first-order chi connectivity index (χ1) is 6.45. The first-order valence-corrected chi connectivity index (χ1v) is 5.57. The molecule has 0 N–H and O–H groups in total. The van der Waals surface area contributed by atoms with E-state index >= 15 is 0 Å². The fraction of sp³-hybridized carbons (Fsp3) is 0.167. The molecule has 0 spiro atoms. The molecule has 1 heterocycles. The van der Waals surface area contributed by atoms with E-state index in [4.69, 9.17) is 0 Å². The molecule has 0 aliphatic carbocycles.